The lowest BCUT2D eigenvalue weighted by molar-refractivity contribution is 0.156. The molecule has 0 bridgehead atoms. The number of aliphatic hydroxyl groups is 1. The van der Waals surface area contributed by atoms with Gasteiger partial charge in [0.2, 0.25) is 0 Å². The van der Waals surface area contributed by atoms with Gasteiger partial charge in [-0.2, -0.15) is 0 Å². The van der Waals surface area contributed by atoms with Crippen molar-refractivity contribution < 1.29 is 10.6 Å². The highest BCUT2D eigenvalue weighted by atomic mass is 16.3. The van der Waals surface area contributed by atoms with Crippen LogP contribution in [0, 0.1) is 0 Å². The third-order valence-corrected chi connectivity index (χ3v) is 1.14. The second-order valence-corrected chi connectivity index (χ2v) is 2.00. The Labute approximate surface area is 63.7 Å². The second kappa shape index (κ2) is 6.09. The molecule has 1 N–H and O–H groups in total. The van der Waals surface area contributed by atoms with Crippen molar-refractivity contribution in [2.45, 2.75) is 52.0 Å². The van der Waals surface area contributed by atoms with Gasteiger partial charge in [-0.05, 0) is 12.7 Å². The van der Waals surface area contributed by atoms with E-state index in [-0.39, 0.29) is 6.42 Å². The Morgan fingerprint density at radius 1 is 1.44 bits per heavy atom. The van der Waals surface area contributed by atoms with E-state index in [1.165, 1.54) is 6.92 Å². The van der Waals surface area contributed by atoms with Crippen molar-refractivity contribution >= 4 is 0 Å². The van der Waals surface area contributed by atoms with E-state index in [9.17, 15) is 5.11 Å². The van der Waals surface area contributed by atoms with Crippen molar-refractivity contribution in [2.24, 2.45) is 0 Å². The summed E-state index contributed by atoms with van der Waals surface area (Å²) in [6.45, 7) is 3.13. The third-order valence-electron chi connectivity index (χ3n) is 1.14. The normalized spacial score (nSPS) is 23.4. The van der Waals surface area contributed by atoms with Gasteiger partial charge in [0.25, 0.3) is 0 Å². The summed E-state index contributed by atoms with van der Waals surface area (Å²) in [7, 11) is 0. The summed E-state index contributed by atoms with van der Waals surface area (Å²) in [4.78, 5) is 0. The molecule has 0 unspecified atom stereocenters. The number of unbranched alkanes of at least 4 members (excludes halogenated alkanes) is 1. The van der Waals surface area contributed by atoms with E-state index in [1.54, 1.807) is 0 Å². The predicted octanol–water partition coefficient (Wildman–Crippen LogP) is 2.34. The van der Waals surface area contributed by atoms with E-state index in [2.05, 4.69) is 0 Å². The van der Waals surface area contributed by atoms with Gasteiger partial charge in [0.05, 0.1) is 6.10 Å². The lowest BCUT2D eigenvalue weighted by Gasteiger charge is -2.04. The highest BCUT2D eigenvalue weighted by Crippen LogP contribution is 2.04. The second-order valence-electron chi connectivity index (χ2n) is 2.00. The summed E-state index contributed by atoms with van der Waals surface area (Å²) in [6, 6.07) is 0. The average molecular weight is 134 g/mol. The van der Waals surface area contributed by atoms with Crippen LogP contribution >= 0.6 is 0 Å². The lowest BCUT2D eigenvalue weighted by Crippen LogP contribution is -2.02. The summed E-state index contributed by atoms with van der Waals surface area (Å²) in [5.41, 5.74) is 0. The van der Waals surface area contributed by atoms with Crippen LogP contribution in [0.3, 0.4) is 0 Å². The maximum Gasteiger partial charge on any atom is 0.0537 e. The molecule has 0 rings (SSSR count). The van der Waals surface area contributed by atoms with E-state index in [0.717, 1.165) is 6.42 Å². The monoisotopic (exact) mass is 134 g/mol. The molecular formula is C8H18O. The van der Waals surface area contributed by atoms with Crippen LogP contribution < -0.4 is 0 Å². The topological polar surface area (TPSA) is 20.2 Å². The smallest absolute Gasteiger partial charge is 0.0537 e. The van der Waals surface area contributed by atoms with Crippen LogP contribution in [0.4, 0.5) is 0 Å². The highest BCUT2D eigenvalue weighted by molar-refractivity contribution is 4.51. The maximum absolute atomic E-state index is 9.39. The van der Waals surface area contributed by atoms with Crippen LogP contribution in [0.2, 0.25) is 0 Å². The molecular weight excluding hydrogens is 112 g/mol. The molecule has 9 heavy (non-hydrogen) atoms. The Kier molecular flexibility index (Phi) is 2.68. The molecule has 0 radical (unpaired) electrons. The zero-order chi connectivity index (χ0) is 10.7. The largest absolute Gasteiger partial charge is 0.393 e. The zero-order valence-corrected chi connectivity index (χ0v) is 6.15. The molecule has 1 nitrogen and oxygen atoms in total. The van der Waals surface area contributed by atoms with E-state index in [4.69, 9.17) is 5.48 Å². The maximum atomic E-state index is 9.39. The van der Waals surface area contributed by atoms with Gasteiger partial charge in [0, 0.05) is 5.48 Å². The Bertz CT molecular complexity index is 153. The molecule has 0 saturated heterocycles. The van der Waals surface area contributed by atoms with E-state index in [1.807, 2.05) is 6.92 Å². The van der Waals surface area contributed by atoms with Crippen molar-refractivity contribution in [2.75, 3.05) is 0 Å². The molecule has 0 aromatic rings. The molecule has 0 aliphatic carbocycles. The first-order valence-electron chi connectivity index (χ1n) is 5.40. The Hall–Kier alpha value is -0.0400. The zero-order valence-electron chi connectivity index (χ0n) is 10.1. The molecule has 1 atom stereocenters. The molecule has 0 aliphatic heterocycles. The number of hydrogen-bond donors (Lipinski definition) is 1. The van der Waals surface area contributed by atoms with Gasteiger partial charge >= 0.3 is 0 Å². The SMILES string of the molecule is [2H]C([2H])(C)[C@@H](O)C([2H])([2H])CCCC. The van der Waals surface area contributed by atoms with Crippen molar-refractivity contribution in [1.82, 2.24) is 0 Å². The molecule has 0 spiro atoms. The highest BCUT2D eigenvalue weighted by Gasteiger charge is 1.97. The van der Waals surface area contributed by atoms with Crippen molar-refractivity contribution in [3.8, 4) is 0 Å². The molecule has 0 heterocycles. The number of hydrogen-bond acceptors (Lipinski definition) is 1. The Balaban J connectivity index is 4.27. The predicted molar refractivity (Wildman–Crippen MR) is 40.4 cm³/mol. The van der Waals surface area contributed by atoms with Crippen LogP contribution in [0.5, 0.6) is 0 Å². The standard InChI is InChI=1S/C8H18O/c1-3-5-6-7-8(9)4-2/h8-9H,3-7H2,1-2H3/t8-/m1/s1/i4D2,7D2. The summed E-state index contributed by atoms with van der Waals surface area (Å²) < 4.78 is 29.3. The minimum atomic E-state index is -1.88. The van der Waals surface area contributed by atoms with Crippen LogP contribution in [-0.4, -0.2) is 11.2 Å². The summed E-state index contributed by atoms with van der Waals surface area (Å²) in [6.07, 6.45) is -3.53. The first kappa shape index (κ1) is 3.97. The fraction of sp³-hybridized carbons (Fsp3) is 1.00. The number of rotatable bonds is 5. The summed E-state index contributed by atoms with van der Waals surface area (Å²) in [5, 5.41) is 9.39. The molecule has 56 valence electrons. The van der Waals surface area contributed by atoms with Crippen LogP contribution in [0.25, 0.3) is 0 Å². The van der Waals surface area contributed by atoms with Gasteiger partial charge in [-0.3, -0.25) is 0 Å². The van der Waals surface area contributed by atoms with Gasteiger partial charge in [0.15, 0.2) is 0 Å². The van der Waals surface area contributed by atoms with Crippen molar-refractivity contribution in [3.63, 3.8) is 0 Å². The minimum Gasteiger partial charge on any atom is -0.393 e. The Morgan fingerprint density at radius 2 is 2.11 bits per heavy atom. The molecule has 1 heteroatoms. The van der Waals surface area contributed by atoms with Crippen LogP contribution in [-0.2, 0) is 0 Å². The first-order chi connectivity index (χ1) is 5.72. The van der Waals surface area contributed by atoms with E-state index in [0.29, 0.717) is 6.42 Å². The Morgan fingerprint density at radius 3 is 2.56 bits per heavy atom. The van der Waals surface area contributed by atoms with Crippen LogP contribution in [0.15, 0.2) is 0 Å². The van der Waals surface area contributed by atoms with Gasteiger partial charge < -0.3 is 5.11 Å². The molecule has 0 aromatic heterocycles. The molecule has 0 aliphatic rings. The lowest BCUT2D eigenvalue weighted by atomic mass is 10.1. The first-order valence-corrected chi connectivity index (χ1v) is 3.40. The van der Waals surface area contributed by atoms with Gasteiger partial charge in [-0.15, -0.1) is 0 Å². The minimum absolute atomic E-state index is 0.206. The van der Waals surface area contributed by atoms with Gasteiger partial charge in [-0.1, -0.05) is 33.1 Å². The quantitative estimate of drug-likeness (QED) is 0.612. The average Bonchev–Trinajstić information content (AvgIpc) is 1.98. The molecule has 0 aromatic carbocycles. The van der Waals surface area contributed by atoms with Gasteiger partial charge in [0.1, 0.15) is 0 Å². The van der Waals surface area contributed by atoms with Gasteiger partial charge in [-0.25, -0.2) is 0 Å². The molecule has 0 amide bonds. The van der Waals surface area contributed by atoms with Crippen molar-refractivity contribution in [1.29, 1.82) is 0 Å². The molecule has 0 saturated carbocycles. The summed E-state index contributed by atoms with van der Waals surface area (Å²) >= 11 is 0. The third kappa shape index (κ3) is 5.84. The van der Waals surface area contributed by atoms with Crippen LogP contribution in [0.1, 0.15) is 51.3 Å². The molecule has 0 fully saturated rings. The number of aliphatic hydroxyl groups excluding tert-OH is 1. The van der Waals surface area contributed by atoms with E-state index >= 15 is 0 Å². The fourth-order valence-electron chi connectivity index (χ4n) is 0.518. The van der Waals surface area contributed by atoms with E-state index < -0.39 is 18.8 Å². The fourth-order valence-corrected chi connectivity index (χ4v) is 0.518. The van der Waals surface area contributed by atoms with Crippen molar-refractivity contribution in [3.05, 3.63) is 0 Å². The summed E-state index contributed by atoms with van der Waals surface area (Å²) in [5.74, 6) is 0.